The number of hydrogen-bond acceptors (Lipinski definition) is 5. The van der Waals surface area contributed by atoms with Crippen LogP contribution in [-0.4, -0.2) is 25.9 Å². The van der Waals surface area contributed by atoms with Crippen molar-refractivity contribution in [2.75, 3.05) is 5.32 Å². The Bertz CT molecular complexity index is 1290. The molecule has 1 amide bonds. The number of carbonyl (C=O) groups excluding carboxylic acids is 1. The van der Waals surface area contributed by atoms with Gasteiger partial charge in [-0.25, -0.2) is 9.67 Å². The first-order valence-electron chi connectivity index (χ1n) is 9.46. The third-order valence-corrected chi connectivity index (χ3v) is 5.71. The maximum absolute atomic E-state index is 12.6. The van der Waals surface area contributed by atoms with Crippen LogP contribution in [0.1, 0.15) is 16.1 Å². The number of para-hydroxylation sites is 1. The molecular formula is C23H17N5OS. The average Bonchev–Trinajstić information content (AvgIpc) is 3.42. The molecule has 1 N–H and O–H groups in total. The van der Waals surface area contributed by atoms with Gasteiger partial charge in [0.05, 0.1) is 23.0 Å². The molecule has 0 aliphatic rings. The van der Waals surface area contributed by atoms with Gasteiger partial charge in [0.2, 0.25) is 0 Å². The highest BCUT2D eigenvalue weighted by Gasteiger charge is 2.13. The zero-order valence-corrected chi connectivity index (χ0v) is 16.7. The minimum atomic E-state index is -0.296. The predicted octanol–water partition coefficient (Wildman–Crippen LogP) is 4.86. The third-order valence-electron chi connectivity index (χ3n) is 4.62. The number of hydrogen-bond donors (Lipinski definition) is 1. The summed E-state index contributed by atoms with van der Waals surface area (Å²) in [7, 11) is 0. The fourth-order valence-corrected chi connectivity index (χ4v) is 4.13. The second-order valence-electron chi connectivity index (χ2n) is 6.81. The number of carbonyl (C=O) groups is 1. The number of benzene rings is 3. The van der Waals surface area contributed by atoms with E-state index in [0.717, 1.165) is 26.4 Å². The van der Waals surface area contributed by atoms with Crippen LogP contribution >= 0.6 is 11.3 Å². The summed E-state index contributed by atoms with van der Waals surface area (Å²) < 4.78 is 2.79. The smallest absolute Gasteiger partial charge is 0.277 e. The van der Waals surface area contributed by atoms with Gasteiger partial charge in [0.1, 0.15) is 5.01 Å². The van der Waals surface area contributed by atoms with E-state index in [0.29, 0.717) is 12.2 Å². The van der Waals surface area contributed by atoms with Crippen LogP contribution in [0.25, 0.3) is 20.8 Å². The largest absolute Gasteiger partial charge is 0.321 e. The van der Waals surface area contributed by atoms with Crippen molar-refractivity contribution in [3.8, 4) is 10.6 Å². The maximum atomic E-state index is 12.6. The maximum Gasteiger partial charge on any atom is 0.277 e. The van der Waals surface area contributed by atoms with Crippen molar-refractivity contribution in [2.24, 2.45) is 0 Å². The number of nitrogens with one attached hydrogen (secondary N) is 1. The zero-order valence-electron chi connectivity index (χ0n) is 15.9. The Morgan fingerprint density at radius 2 is 1.80 bits per heavy atom. The van der Waals surface area contributed by atoms with Gasteiger partial charge in [-0.15, -0.1) is 16.4 Å². The van der Waals surface area contributed by atoms with E-state index >= 15 is 0 Å². The lowest BCUT2D eigenvalue weighted by atomic mass is 10.2. The first-order valence-corrected chi connectivity index (χ1v) is 10.3. The molecule has 5 rings (SSSR count). The second-order valence-corrected chi connectivity index (χ2v) is 7.84. The minimum absolute atomic E-state index is 0.274. The fraction of sp³-hybridized carbons (Fsp3) is 0.0435. The van der Waals surface area contributed by atoms with E-state index in [2.05, 4.69) is 26.7 Å². The van der Waals surface area contributed by atoms with Gasteiger partial charge in [-0.05, 0) is 29.8 Å². The molecule has 2 aromatic heterocycles. The van der Waals surface area contributed by atoms with Crippen LogP contribution in [0.15, 0.2) is 85.1 Å². The molecule has 30 heavy (non-hydrogen) atoms. The molecule has 3 aromatic carbocycles. The van der Waals surface area contributed by atoms with Crippen LogP contribution in [0.4, 0.5) is 5.69 Å². The molecule has 0 aliphatic heterocycles. The summed E-state index contributed by atoms with van der Waals surface area (Å²) in [6.07, 6.45) is 1.65. The highest BCUT2D eigenvalue weighted by Crippen LogP contribution is 2.31. The van der Waals surface area contributed by atoms with Gasteiger partial charge in [-0.2, -0.15) is 0 Å². The standard InChI is InChI=1S/C23H17N5OS/c29-22(20-15-28(27-26-20)14-16-7-2-1-3-8-16)24-18-10-6-9-17(13-18)23-25-19-11-4-5-12-21(19)30-23/h1-13,15H,14H2,(H,24,29). The molecule has 0 aliphatic carbocycles. The molecule has 6 nitrogen and oxygen atoms in total. The topological polar surface area (TPSA) is 72.7 Å². The van der Waals surface area contributed by atoms with Crippen molar-refractivity contribution in [1.82, 2.24) is 20.0 Å². The van der Waals surface area contributed by atoms with Gasteiger partial charge in [0, 0.05) is 11.3 Å². The highest BCUT2D eigenvalue weighted by atomic mass is 32.1. The van der Waals surface area contributed by atoms with Crippen LogP contribution in [-0.2, 0) is 6.54 Å². The quantitative estimate of drug-likeness (QED) is 0.448. The normalized spacial score (nSPS) is 10.9. The fourth-order valence-electron chi connectivity index (χ4n) is 3.17. The first kappa shape index (κ1) is 18.2. The summed E-state index contributed by atoms with van der Waals surface area (Å²) in [5.41, 5.74) is 3.99. The molecule has 0 radical (unpaired) electrons. The van der Waals surface area contributed by atoms with Crippen LogP contribution in [0.5, 0.6) is 0 Å². The molecule has 0 bridgehead atoms. The number of anilines is 1. The molecule has 0 saturated heterocycles. The summed E-state index contributed by atoms with van der Waals surface area (Å²) in [5.74, 6) is -0.296. The van der Waals surface area contributed by atoms with E-state index in [-0.39, 0.29) is 11.6 Å². The molecule has 0 fully saturated rings. The summed E-state index contributed by atoms with van der Waals surface area (Å²) in [5, 5.41) is 11.9. The van der Waals surface area contributed by atoms with Crippen LogP contribution in [0.2, 0.25) is 0 Å². The summed E-state index contributed by atoms with van der Waals surface area (Å²) in [6, 6.07) is 25.6. The molecule has 5 aromatic rings. The van der Waals surface area contributed by atoms with E-state index < -0.39 is 0 Å². The Morgan fingerprint density at radius 1 is 0.967 bits per heavy atom. The molecule has 0 atom stereocenters. The third kappa shape index (κ3) is 3.83. The number of nitrogens with zero attached hydrogens (tertiary/aromatic N) is 4. The van der Waals surface area contributed by atoms with Crippen LogP contribution in [0, 0.1) is 0 Å². The summed E-state index contributed by atoms with van der Waals surface area (Å²) in [4.78, 5) is 17.3. The van der Waals surface area contributed by atoms with Gasteiger partial charge in [0.25, 0.3) is 5.91 Å². The molecule has 0 unspecified atom stereocenters. The molecule has 7 heteroatoms. The number of aromatic nitrogens is 4. The van der Waals surface area contributed by atoms with Crippen molar-refractivity contribution in [1.29, 1.82) is 0 Å². The lowest BCUT2D eigenvalue weighted by molar-refractivity contribution is 0.102. The van der Waals surface area contributed by atoms with Crippen molar-refractivity contribution >= 4 is 33.1 Å². The van der Waals surface area contributed by atoms with Crippen molar-refractivity contribution in [2.45, 2.75) is 6.54 Å². The van der Waals surface area contributed by atoms with E-state index in [1.165, 1.54) is 0 Å². The Hall–Kier alpha value is -3.84. The Kier molecular flexibility index (Phi) is 4.78. The van der Waals surface area contributed by atoms with Gasteiger partial charge in [-0.1, -0.05) is 59.8 Å². The summed E-state index contributed by atoms with van der Waals surface area (Å²) in [6.45, 7) is 0.564. The zero-order chi connectivity index (χ0) is 20.3. The number of amides is 1. The van der Waals surface area contributed by atoms with Gasteiger partial charge < -0.3 is 5.32 Å². The van der Waals surface area contributed by atoms with Crippen molar-refractivity contribution in [3.63, 3.8) is 0 Å². The molecule has 146 valence electrons. The second kappa shape index (κ2) is 7.88. The Labute approximate surface area is 176 Å². The first-order chi connectivity index (χ1) is 14.7. The van der Waals surface area contributed by atoms with Gasteiger partial charge >= 0.3 is 0 Å². The van der Waals surface area contributed by atoms with Gasteiger partial charge in [0.15, 0.2) is 5.69 Å². The molecule has 2 heterocycles. The lowest BCUT2D eigenvalue weighted by Gasteiger charge is -2.04. The lowest BCUT2D eigenvalue weighted by Crippen LogP contribution is -2.12. The Balaban J connectivity index is 1.32. The minimum Gasteiger partial charge on any atom is -0.321 e. The van der Waals surface area contributed by atoms with Crippen molar-refractivity contribution < 1.29 is 4.79 Å². The van der Waals surface area contributed by atoms with E-state index in [4.69, 9.17) is 0 Å². The van der Waals surface area contributed by atoms with E-state index in [1.54, 1.807) is 22.2 Å². The average molecular weight is 411 g/mol. The number of fused-ring (bicyclic) bond motifs is 1. The molecule has 0 saturated carbocycles. The van der Waals surface area contributed by atoms with E-state index in [9.17, 15) is 4.79 Å². The molecular weight excluding hydrogens is 394 g/mol. The SMILES string of the molecule is O=C(Nc1cccc(-c2nc3ccccc3s2)c1)c1cn(Cc2ccccc2)nn1. The van der Waals surface area contributed by atoms with Crippen LogP contribution in [0.3, 0.4) is 0 Å². The van der Waals surface area contributed by atoms with E-state index in [1.807, 2.05) is 72.8 Å². The summed E-state index contributed by atoms with van der Waals surface area (Å²) >= 11 is 1.63. The van der Waals surface area contributed by atoms with Crippen molar-refractivity contribution in [3.05, 3.63) is 96.3 Å². The van der Waals surface area contributed by atoms with Crippen LogP contribution < -0.4 is 5.32 Å². The molecule has 0 spiro atoms. The highest BCUT2D eigenvalue weighted by molar-refractivity contribution is 7.21. The monoisotopic (exact) mass is 411 g/mol. The van der Waals surface area contributed by atoms with Gasteiger partial charge in [-0.3, -0.25) is 4.79 Å². The predicted molar refractivity (Wildman–Crippen MR) is 119 cm³/mol. The number of thiazole rings is 1. The Morgan fingerprint density at radius 3 is 2.67 bits per heavy atom. The number of rotatable bonds is 5.